The van der Waals surface area contributed by atoms with Crippen LogP contribution in [0.1, 0.15) is 39.9 Å². The highest BCUT2D eigenvalue weighted by atomic mass is 16.2. The highest BCUT2D eigenvalue weighted by Crippen LogP contribution is 2.28. The van der Waals surface area contributed by atoms with Crippen LogP contribution in [0.5, 0.6) is 0 Å². The molecule has 2 heterocycles. The average Bonchev–Trinajstić information content (AvgIpc) is 3.37. The number of carbonyl (C=O) groups is 2. The fourth-order valence-corrected chi connectivity index (χ4v) is 3.84. The van der Waals surface area contributed by atoms with Gasteiger partial charge in [-0.3, -0.25) is 14.6 Å². The van der Waals surface area contributed by atoms with Crippen molar-refractivity contribution in [3.05, 3.63) is 70.8 Å². The maximum atomic E-state index is 12.2. The fourth-order valence-electron chi connectivity index (χ4n) is 3.84. The number of aliphatic imine (C=N–C) groups is 1. The number of fused-ring (bicyclic) bond motifs is 1. The molecule has 0 unspecified atom stereocenters. The molecule has 0 saturated carbocycles. The molecule has 2 aromatic rings. The Labute approximate surface area is 183 Å². The molecule has 0 atom stereocenters. The van der Waals surface area contributed by atoms with Crippen molar-refractivity contribution in [2.75, 3.05) is 38.6 Å². The minimum absolute atomic E-state index is 0.0598. The number of anilines is 1. The van der Waals surface area contributed by atoms with E-state index in [1.54, 1.807) is 0 Å². The Balaban J connectivity index is 1.42. The quantitative estimate of drug-likeness (QED) is 0.754. The van der Waals surface area contributed by atoms with Gasteiger partial charge in [0.15, 0.2) is 0 Å². The van der Waals surface area contributed by atoms with E-state index in [1.165, 1.54) is 5.56 Å². The van der Waals surface area contributed by atoms with Crippen LogP contribution < -0.4 is 10.2 Å². The van der Waals surface area contributed by atoms with Gasteiger partial charge in [-0.05, 0) is 62.0 Å². The largest absolute Gasteiger partial charge is 0.351 e. The molecule has 2 aromatic carbocycles. The highest BCUT2D eigenvalue weighted by Gasteiger charge is 2.23. The lowest BCUT2D eigenvalue weighted by Crippen LogP contribution is -2.31. The lowest BCUT2D eigenvalue weighted by atomic mass is 10.0. The lowest BCUT2D eigenvalue weighted by Gasteiger charge is -2.16. The van der Waals surface area contributed by atoms with Crippen LogP contribution in [-0.2, 0) is 11.3 Å². The van der Waals surface area contributed by atoms with Crippen LogP contribution in [0.25, 0.3) is 6.08 Å². The van der Waals surface area contributed by atoms with Crippen LogP contribution >= 0.6 is 0 Å². The number of amides is 2. The van der Waals surface area contributed by atoms with Crippen LogP contribution in [0.4, 0.5) is 5.69 Å². The smallest absolute Gasteiger partial charge is 0.251 e. The van der Waals surface area contributed by atoms with Gasteiger partial charge >= 0.3 is 0 Å². The van der Waals surface area contributed by atoms with Crippen molar-refractivity contribution < 1.29 is 9.59 Å². The number of hydrogen-bond acceptors (Lipinski definition) is 4. The van der Waals surface area contributed by atoms with E-state index in [-0.39, 0.29) is 11.8 Å². The first-order valence-electron chi connectivity index (χ1n) is 10.7. The molecule has 0 aliphatic carbocycles. The molecule has 1 saturated heterocycles. The van der Waals surface area contributed by atoms with Gasteiger partial charge in [0.1, 0.15) is 0 Å². The summed E-state index contributed by atoms with van der Waals surface area (Å²) in [6.45, 7) is 2.88. The number of carbonyl (C=O) groups excluding carboxylic acids is 2. The van der Waals surface area contributed by atoms with Gasteiger partial charge in [0.2, 0.25) is 5.91 Å². The summed E-state index contributed by atoms with van der Waals surface area (Å²) >= 11 is 0. The molecule has 160 valence electrons. The summed E-state index contributed by atoms with van der Waals surface area (Å²) in [6, 6.07) is 13.7. The van der Waals surface area contributed by atoms with Gasteiger partial charge in [0.25, 0.3) is 5.91 Å². The number of benzene rings is 2. The molecule has 0 bridgehead atoms. The minimum atomic E-state index is -0.0598. The van der Waals surface area contributed by atoms with Gasteiger partial charge in [-0.15, -0.1) is 0 Å². The minimum Gasteiger partial charge on any atom is -0.351 e. The first kappa shape index (κ1) is 21.0. The second kappa shape index (κ2) is 9.27. The van der Waals surface area contributed by atoms with E-state index in [2.05, 4.69) is 22.4 Å². The number of nitrogens with one attached hydrogen (secondary N) is 1. The van der Waals surface area contributed by atoms with Crippen molar-refractivity contribution in [2.45, 2.75) is 19.4 Å². The van der Waals surface area contributed by atoms with Gasteiger partial charge in [-0.25, -0.2) is 0 Å². The van der Waals surface area contributed by atoms with E-state index in [0.29, 0.717) is 25.1 Å². The topological polar surface area (TPSA) is 65.0 Å². The lowest BCUT2D eigenvalue weighted by molar-refractivity contribution is -0.117. The molecular formula is C25H28N4O2. The zero-order valence-electron chi connectivity index (χ0n) is 18.1. The van der Waals surface area contributed by atoms with E-state index in [1.807, 2.05) is 66.4 Å². The second-order valence-corrected chi connectivity index (χ2v) is 8.21. The molecule has 6 heteroatoms. The Hall–Kier alpha value is -3.25. The highest BCUT2D eigenvalue weighted by molar-refractivity contribution is 6.14. The molecule has 0 radical (unpaired) electrons. The first-order chi connectivity index (χ1) is 15.0. The summed E-state index contributed by atoms with van der Waals surface area (Å²) in [5.41, 5.74) is 5.80. The van der Waals surface area contributed by atoms with Crippen LogP contribution in [0.2, 0.25) is 0 Å². The monoisotopic (exact) mass is 416 g/mol. The van der Waals surface area contributed by atoms with E-state index >= 15 is 0 Å². The fraction of sp³-hybridized carbons (Fsp3) is 0.320. The Morgan fingerprint density at radius 1 is 1.16 bits per heavy atom. The van der Waals surface area contributed by atoms with Crippen molar-refractivity contribution in [2.24, 2.45) is 4.99 Å². The maximum Gasteiger partial charge on any atom is 0.251 e. The molecule has 4 rings (SSSR count). The number of likely N-dealkylation sites (N-methyl/N-ethyl adjacent to an activating group) is 1. The number of hydrogen-bond donors (Lipinski definition) is 1. The van der Waals surface area contributed by atoms with Gasteiger partial charge in [-0.1, -0.05) is 24.3 Å². The molecule has 1 N–H and O–H groups in total. The van der Waals surface area contributed by atoms with Crippen LogP contribution in [-0.4, -0.2) is 56.2 Å². The van der Waals surface area contributed by atoms with Gasteiger partial charge in [0, 0.05) is 42.9 Å². The van der Waals surface area contributed by atoms with Crippen molar-refractivity contribution >= 4 is 29.3 Å². The van der Waals surface area contributed by atoms with Crippen LogP contribution in [0.15, 0.2) is 53.5 Å². The van der Waals surface area contributed by atoms with E-state index in [9.17, 15) is 9.59 Å². The Bertz CT molecular complexity index is 1040. The molecule has 2 amide bonds. The number of rotatable bonds is 7. The SMILES string of the molecule is CN(C)CCNC(=O)c1ccc(/C=C/C2=NCc3ccc(N4CCCC4=O)cc32)cc1. The predicted molar refractivity (Wildman–Crippen MR) is 125 cm³/mol. The average molecular weight is 417 g/mol. The van der Waals surface area contributed by atoms with E-state index in [0.717, 1.165) is 42.0 Å². The van der Waals surface area contributed by atoms with Crippen molar-refractivity contribution in [1.82, 2.24) is 10.2 Å². The van der Waals surface area contributed by atoms with E-state index < -0.39 is 0 Å². The molecule has 31 heavy (non-hydrogen) atoms. The summed E-state index contributed by atoms with van der Waals surface area (Å²) in [7, 11) is 3.96. The summed E-state index contributed by atoms with van der Waals surface area (Å²) in [4.78, 5) is 32.8. The normalized spacial score (nSPS) is 15.6. The van der Waals surface area contributed by atoms with Gasteiger partial charge < -0.3 is 15.1 Å². The third kappa shape index (κ3) is 4.91. The molecule has 2 aliphatic heterocycles. The predicted octanol–water partition coefficient (Wildman–Crippen LogP) is 3.12. The Morgan fingerprint density at radius 3 is 2.68 bits per heavy atom. The third-order valence-corrected chi connectivity index (χ3v) is 5.63. The van der Waals surface area contributed by atoms with Crippen molar-refractivity contribution in [1.29, 1.82) is 0 Å². The summed E-state index contributed by atoms with van der Waals surface area (Å²) in [5.74, 6) is 0.133. The summed E-state index contributed by atoms with van der Waals surface area (Å²) < 4.78 is 0. The van der Waals surface area contributed by atoms with Crippen LogP contribution in [0.3, 0.4) is 0 Å². The zero-order chi connectivity index (χ0) is 21.8. The standard InChI is InChI=1S/C25H28N4O2/c1-28(2)15-13-26-25(31)19-8-5-18(6-9-19)7-12-23-22-16-21(11-10-20(22)17-27-23)29-14-3-4-24(29)30/h5-12,16H,3-4,13-15,17H2,1-2H3,(H,26,31)/b12-7+. The second-order valence-electron chi connectivity index (χ2n) is 8.21. The van der Waals surface area contributed by atoms with Crippen LogP contribution in [0, 0.1) is 0 Å². The van der Waals surface area contributed by atoms with Gasteiger partial charge in [-0.2, -0.15) is 0 Å². The molecule has 0 aromatic heterocycles. The van der Waals surface area contributed by atoms with Gasteiger partial charge in [0.05, 0.1) is 12.3 Å². The molecule has 6 nitrogen and oxygen atoms in total. The number of nitrogens with zero attached hydrogens (tertiary/aromatic N) is 3. The Morgan fingerprint density at radius 2 is 1.97 bits per heavy atom. The van der Waals surface area contributed by atoms with Crippen molar-refractivity contribution in [3.63, 3.8) is 0 Å². The first-order valence-corrected chi connectivity index (χ1v) is 10.7. The molecule has 2 aliphatic rings. The summed E-state index contributed by atoms with van der Waals surface area (Å²) in [6.07, 6.45) is 5.56. The molecule has 1 fully saturated rings. The Kier molecular flexibility index (Phi) is 6.28. The van der Waals surface area contributed by atoms with Crippen molar-refractivity contribution in [3.8, 4) is 0 Å². The molecule has 0 spiro atoms. The molecular weight excluding hydrogens is 388 g/mol. The third-order valence-electron chi connectivity index (χ3n) is 5.63. The zero-order valence-corrected chi connectivity index (χ0v) is 18.1. The maximum absolute atomic E-state index is 12.2. The summed E-state index contributed by atoms with van der Waals surface area (Å²) in [5, 5.41) is 2.92. The number of allylic oxidation sites excluding steroid dienone is 1. The van der Waals surface area contributed by atoms with E-state index in [4.69, 9.17) is 0 Å².